The van der Waals surface area contributed by atoms with Crippen molar-refractivity contribution in [1.82, 2.24) is 4.98 Å². The summed E-state index contributed by atoms with van der Waals surface area (Å²) >= 11 is 12.3. The molecule has 0 aliphatic heterocycles. The van der Waals surface area contributed by atoms with Crippen LogP contribution in [0, 0.1) is 6.92 Å². The Kier molecular flexibility index (Phi) is 5.16. The van der Waals surface area contributed by atoms with Gasteiger partial charge in [-0.15, -0.1) is 6.58 Å². The summed E-state index contributed by atoms with van der Waals surface area (Å²) in [5, 5.41) is 0.776. The highest BCUT2D eigenvalue weighted by molar-refractivity contribution is 6.33. The number of methoxy groups -OCH3 is 1. The van der Waals surface area contributed by atoms with Crippen molar-refractivity contribution >= 4 is 28.9 Å². The summed E-state index contributed by atoms with van der Waals surface area (Å²) < 4.78 is 11.1. The van der Waals surface area contributed by atoms with Gasteiger partial charge in [0, 0.05) is 28.0 Å². The summed E-state index contributed by atoms with van der Waals surface area (Å²) in [6, 6.07) is 4.97. The monoisotopic (exact) mass is 338 g/mol. The highest BCUT2D eigenvalue weighted by Crippen LogP contribution is 2.40. The van der Waals surface area contributed by atoms with E-state index in [1.54, 1.807) is 24.3 Å². The second kappa shape index (κ2) is 6.90. The first-order valence-corrected chi connectivity index (χ1v) is 7.29. The number of nitrogen functional groups attached to an aromatic ring is 1. The molecule has 0 saturated heterocycles. The third-order valence-electron chi connectivity index (χ3n) is 3.02. The predicted molar refractivity (Wildman–Crippen MR) is 90.4 cm³/mol. The molecule has 0 spiro atoms. The highest BCUT2D eigenvalue weighted by atomic mass is 35.5. The van der Waals surface area contributed by atoms with Crippen LogP contribution in [0.5, 0.6) is 17.4 Å². The van der Waals surface area contributed by atoms with E-state index in [9.17, 15) is 0 Å². The van der Waals surface area contributed by atoms with Gasteiger partial charge in [0.25, 0.3) is 0 Å². The maximum atomic E-state index is 6.34. The first-order valence-electron chi connectivity index (χ1n) is 6.54. The minimum atomic E-state index is 0.295. The number of halogens is 2. The summed E-state index contributed by atoms with van der Waals surface area (Å²) in [7, 11) is 1.50. The Morgan fingerprint density at radius 2 is 2.05 bits per heavy atom. The van der Waals surface area contributed by atoms with Gasteiger partial charge in [-0.2, -0.15) is 0 Å². The molecule has 0 radical (unpaired) electrons. The molecule has 0 saturated carbocycles. The number of rotatable bonds is 5. The molecule has 2 aromatic rings. The number of anilines is 1. The van der Waals surface area contributed by atoms with Crippen LogP contribution in [-0.2, 0) is 6.42 Å². The van der Waals surface area contributed by atoms with Gasteiger partial charge in [0.15, 0.2) is 5.75 Å². The molecule has 6 heteroatoms. The molecule has 0 atom stereocenters. The average molecular weight is 339 g/mol. The SMILES string of the molecule is C=CCc1c(C)nc(OC)c(Cl)c1Oc1cc(N)cc(Cl)c1. The smallest absolute Gasteiger partial charge is 0.236 e. The Bertz CT molecular complexity index is 698. The molecule has 116 valence electrons. The zero-order valence-electron chi connectivity index (χ0n) is 12.3. The van der Waals surface area contributed by atoms with Crippen LogP contribution >= 0.6 is 23.2 Å². The van der Waals surface area contributed by atoms with Gasteiger partial charge in [-0.25, -0.2) is 4.98 Å². The highest BCUT2D eigenvalue weighted by Gasteiger charge is 2.19. The third kappa shape index (κ3) is 3.46. The van der Waals surface area contributed by atoms with Gasteiger partial charge in [-0.05, 0) is 25.5 Å². The number of ether oxygens (including phenoxy) is 2. The van der Waals surface area contributed by atoms with Crippen molar-refractivity contribution in [2.24, 2.45) is 0 Å². The van der Waals surface area contributed by atoms with Gasteiger partial charge in [0.05, 0.1) is 7.11 Å². The molecule has 2 rings (SSSR count). The van der Waals surface area contributed by atoms with Gasteiger partial charge in [-0.3, -0.25) is 0 Å². The summed E-state index contributed by atoms with van der Waals surface area (Å²) in [4.78, 5) is 4.31. The van der Waals surface area contributed by atoms with E-state index < -0.39 is 0 Å². The Morgan fingerprint density at radius 3 is 2.64 bits per heavy atom. The molecule has 0 fully saturated rings. The van der Waals surface area contributed by atoms with Crippen LogP contribution in [0.4, 0.5) is 5.69 Å². The third-order valence-corrected chi connectivity index (χ3v) is 3.57. The second-order valence-corrected chi connectivity index (χ2v) is 5.46. The molecule has 0 aliphatic carbocycles. The Balaban J connectivity index is 2.56. The molecular formula is C16H16Cl2N2O2. The van der Waals surface area contributed by atoms with Crippen molar-refractivity contribution < 1.29 is 9.47 Å². The van der Waals surface area contributed by atoms with E-state index in [2.05, 4.69) is 11.6 Å². The standard InChI is InChI=1S/C16H16Cl2N2O2/c1-4-5-13-9(2)20-16(21-3)14(18)15(13)22-12-7-10(17)6-11(19)8-12/h4,6-8H,1,5,19H2,2-3H3. The van der Waals surface area contributed by atoms with E-state index in [1.165, 1.54) is 7.11 Å². The van der Waals surface area contributed by atoms with Gasteiger partial charge < -0.3 is 15.2 Å². The normalized spacial score (nSPS) is 10.4. The number of nitrogens with two attached hydrogens (primary N) is 1. The lowest BCUT2D eigenvalue weighted by Crippen LogP contribution is -2.01. The lowest BCUT2D eigenvalue weighted by atomic mass is 10.1. The first-order chi connectivity index (χ1) is 10.5. The van der Waals surface area contributed by atoms with Crippen LogP contribution in [0.2, 0.25) is 10.0 Å². The maximum absolute atomic E-state index is 6.34. The summed E-state index contributed by atoms with van der Waals surface area (Å²) in [6.45, 7) is 5.60. The fraction of sp³-hybridized carbons (Fsp3) is 0.188. The van der Waals surface area contributed by atoms with Gasteiger partial charge in [0.2, 0.25) is 5.88 Å². The number of pyridine rings is 1. The molecule has 2 N–H and O–H groups in total. The van der Waals surface area contributed by atoms with Crippen LogP contribution in [0.1, 0.15) is 11.3 Å². The molecule has 4 nitrogen and oxygen atoms in total. The number of allylic oxidation sites excluding steroid dienone is 1. The van der Waals surface area contributed by atoms with Crippen LogP contribution < -0.4 is 15.2 Å². The summed E-state index contributed by atoms with van der Waals surface area (Å²) in [6.07, 6.45) is 2.32. The quantitative estimate of drug-likeness (QED) is 0.627. The van der Waals surface area contributed by atoms with Crippen molar-refractivity contribution in [3.8, 4) is 17.4 Å². The van der Waals surface area contributed by atoms with Crippen molar-refractivity contribution in [1.29, 1.82) is 0 Å². The fourth-order valence-electron chi connectivity index (χ4n) is 2.05. The Morgan fingerprint density at radius 1 is 1.32 bits per heavy atom. The largest absolute Gasteiger partial charge is 0.480 e. The van der Waals surface area contributed by atoms with Crippen molar-refractivity contribution in [2.75, 3.05) is 12.8 Å². The van der Waals surface area contributed by atoms with Crippen molar-refractivity contribution in [3.63, 3.8) is 0 Å². The molecule has 1 aromatic carbocycles. The second-order valence-electron chi connectivity index (χ2n) is 4.64. The van der Waals surface area contributed by atoms with Gasteiger partial charge in [-0.1, -0.05) is 29.3 Å². The topological polar surface area (TPSA) is 57.4 Å². The van der Waals surface area contributed by atoms with E-state index in [0.29, 0.717) is 39.5 Å². The van der Waals surface area contributed by atoms with Crippen molar-refractivity contribution in [2.45, 2.75) is 13.3 Å². The van der Waals surface area contributed by atoms with Crippen LogP contribution in [-0.4, -0.2) is 12.1 Å². The van der Waals surface area contributed by atoms with Crippen LogP contribution in [0.3, 0.4) is 0 Å². The Labute approximate surface area is 139 Å². The van der Waals surface area contributed by atoms with Crippen LogP contribution in [0.25, 0.3) is 0 Å². The Hall–Kier alpha value is -1.91. The molecule has 22 heavy (non-hydrogen) atoms. The molecule has 1 aromatic heterocycles. The number of aryl methyl sites for hydroxylation is 1. The molecule has 1 heterocycles. The zero-order chi connectivity index (χ0) is 16.3. The maximum Gasteiger partial charge on any atom is 0.236 e. The fourth-order valence-corrected chi connectivity index (χ4v) is 2.56. The lowest BCUT2D eigenvalue weighted by Gasteiger charge is -2.16. The van der Waals surface area contributed by atoms with Gasteiger partial charge in [0.1, 0.15) is 10.8 Å². The predicted octanol–water partition coefficient (Wildman–Crippen LogP) is 4.81. The molecule has 0 aliphatic rings. The molecule has 0 bridgehead atoms. The van der Waals surface area contributed by atoms with E-state index >= 15 is 0 Å². The summed E-state index contributed by atoms with van der Waals surface area (Å²) in [5.41, 5.74) is 7.87. The zero-order valence-corrected chi connectivity index (χ0v) is 13.8. The molecule has 0 amide bonds. The number of nitrogens with zero attached hydrogens (tertiary/aromatic N) is 1. The first kappa shape index (κ1) is 16.5. The van der Waals surface area contributed by atoms with Crippen LogP contribution in [0.15, 0.2) is 30.9 Å². The average Bonchev–Trinajstić information content (AvgIpc) is 2.45. The van der Waals surface area contributed by atoms with Gasteiger partial charge >= 0.3 is 0 Å². The number of benzene rings is 1. The minimum absolute atomic E-state index is 0.295. The van der Waals surface area contributed by atoms with E-state index in [0.717, 1.165) is 11.3 Å². The number of hydrogen-bond donors (Lipinski definition) is 1. The molecule has 0 unspecified atom stereocenters. The summed E-state index contributed by atoms with van der Waals surface area (Å²) in [5.74, 6) is 1.26. The van der Waals surface area contributed by atoms with E-state index in [1.807, 2.05) is 6.92 Å². The lowest BCUT2D eigenvalue weighted by molar-refractivity contribution is 0.390. The number of hydrogen-bond acceptors (Lipinski definition) is 4. The molecular weight excluding hydrogens is 323 g/mol. The van der Waals surface area contributed by atoms with E-state index in [-0.39, 0.29) is 0 Å². The number of aromatic nitrogens is 1. The minimum Gasteiger partial charge on any atom is -0.480 e. The van der Waals surface area contributed by atoms with E-state index in [4.69, 9.17) is 38.4 Å². The van der Waals surface area contributed by atoms with Crippen molar-refractivity contribution in [3.05, 3.63) is 52.2 Å².